The van der Waals surface area contributed by atoms with Gasteiger partial charge in [-0.25, -0.2) is 4.98 Å². The normalized spacial score (nSPS) is 10.3. The van der Waals surface area contributed by atoms with Crippen LogP contribution in [0.1, 0.15) is 12.0 Å². The van der Waals surface area contributed by atoms with Crippen molar-refractivity contribution in [3.63, 3.8) is 0 Å². The zero-order chi connectivity index (χ0) is 12.8. The first-order valence-electron chi connectivity index (χ1n) is 5.73. The van der Waals surface area contributed by atoms with Crippen molar-refractivity contribution in [2.45, 2.75) is 19.6 Å². The predicted octanol–water partition coefficient (Wildman–Crippen LogP) is 1.40. The summed E-state index contributed by atoms with van der Waals surface area (Å²) in [5.74, 6) is -0.0413. The van der Waals surface area contributed by atoms with E-state index in [0.29, 0.717) is 13.0 Å². The predicted molar refractivity (Wildman–Crippen MR) is 67.8 cm³/mol. The molecule has 1 aromatic heterocycles. The quantitative estimate of drug-likeness (QED) is 0.836. The summed E-state index contributed by atoms with van der Waals surface area (Å²) in [6, 6.07) is 7.12. The van der Waals surface area contributed by atoms with Crippen LogP contribution in [0.2, 0.25) is 0 Å². The van der Waals surface area contributed by atoms with E-state index in [1.807, 2.05) is 10.8 Å². The fourth-order valence-electron chi connectivity index (χ4n) is 1.57. The molecule has 0 unspecified atom stereocenters. The molecule has 2 rings (SSSR count). The third kappa shape index (κ3) is 3.43. The molecule has 5 heteroatoms. The highest BCUT2D eigenvalue weighted by Crippen LogP contribution is 2.09. The maximum Gasteiger partial charge on any atom is 0.226 e. The smallest absolute Gasteiger partial charge is 0.226 e. The number of rotatable bonds is 5. The van der Waals surface area contributed by atoms with Gasteiger partial charge in [0.15, 0.2) is 0 Å². The lowest BCUT2D eigenvalue weighted by Crippen LogP contribution is -2.14. The molecule has 2 N–H and O–H groups in total. The summed E-state index contributed by atoms with van der Waals surface area (Å²) >= 11 is 0. The highest BCUT2D eigenvalue weighted by Gasteiger charge is 2.02. The van der Waals surface area contributed by atoms with Crippen LogP contribution in [0.25, 0.3) is 0 Å². The molecule has 0 atom stereocenters. The van der Waals surface area contributed by atoms with Gasteiger partial charge < -0.3 is 15.0 Å². The Kier molecular flexibility index (Phi) is 4.09. The number of aromatic nitrogens is 2. The summed E-state index contributed by atoms with van der Waals surface area (Å²) in [6.07, 6.45) is 5.59. The lowest BCUT2D eigenvalue weighted by molar-refractivity contribution is -0.116. The van der Waals surface area contributed by atoms with Gasteiger partial charge in [0, 0.05) is 31.0 Å². The number of carbonyl (C=O) groups is 1. The van der Waals surface area contributed by atoms with Crippen LogP contribution >= 0.6 is 0 Å². The summed E-state index contributed by atoms with van der Waals surface area (Å²) < 4.78 is 1.86. The number of imidazole rings is 1. The van der Waals surface area contributed by atoms with E-state index in [1.54, 1.807) is 36.8 Å². The molecule has 0 aliphatic carbocycles. The fourth-order valence-corrected chi connectivity index (χ4v) is 1.57. The number of anilines is 1. The zero-order valence-corrected chi connectivity index (χ0v) is 9.91. The number of hydrogen-bond acceptors (Lipinski definition) is 3. The van der Waals surface area contributed by atoms with E-state index in [-0.39, 0.29) is 12.5 Å². The number of aryl methyl sites for hydroxylation is 1. The van der Waals surface area contributed by atoms with Gasteiger partial charge in [-0.05, 0) is 17.7 Å². The first-order valence-corrected chi connectivity index (χ1v) is 5.73. The third-order valence-electron chi connectivity index (χ3n) is 2.58. The second-order valence-electron chi connectivity index (χ2n) is 3.95. The molecule has 0 bridgehead atoms. The molecule has 0 radical (unpaired) electrons. The summed E-state index contributed by atoms with van der Waals surface area (Å²) in [5.41, 5.74) is 1.56. The molecule has 0 spiro atoms. The first-order chi connectivity index (χ1) is 8.78. The Balaban J connectivity index is 1.83. The van der Waals surface area contributed by atoms with Crippen molar-refractivity contribution < 1.29 is 9.90 Å². The standard InChI is InChI=1S/C13H15N3O2/c17-9-11-1-3-12(4-2-11)15-13(18)5-7-16-8-6-14-10-16/h1-4,6,8,10,17H,5,7,9H2,(H,15,18). The van der Waals surface area contributed by atoms with Gasteiger partial charge in [0.25, 0.3) is 0 Å². The number of carbonyl (C=O) groups excluding carboxylic acids is 1. The molecular weight excluding hydrogens is 230 g/mol. The van der Waals surface area contributed by atoms with Crippen LogP contribution in [0.4, 0.5) is 5.69 Å². The van der Waals surface area contributed by atoms with E-state index in [9.17, 15) is 4.79 Å². The van der Waals surface area contributed by atoms with Crippen LogP contribution in [0.5, 0.6) is 0 Å². The van der Waals surface area contributed by atoms with Crippen molar-refractivity contribution in [3.05, 3.63) is 48.5 Å². The molecule has 1 amide bonds. The van der Waals surface area contributed by atoms with Crippen molar-refractivity contribution in [2.75, 3.05) is 5.32 Å². The van der Waals surface area contributed by atoms with Gasteiger partial charge in [0.05, 0.1) is 12.9 Å². The lowest BCUT2D eigenvalue weighted by atomic mass is 10.2. The number of nitrogens with zero attached hydrogens (tertiary/aromatic N) is 2. The number of aliphatic hydroxyl groups is 1. The Morgan fingerprint density at radius 3 is 2.72 bits per heavy atom. The Morgan fingerprint density at radius 2 is 2.11 bits per heavy atom. The second-order valence-corrected chi connectivity index (χ2v) is 3.95. The average Bonchev–Trinajstić information content (AvgIpc) is 2.90. The van der Waals surface area contributed by atoms with Crippen molar-refractivity contribution in [1.82, 2.24) is 9.55 Å². The van der Waals surface area contributed by atoms with Crippen LogP contribution in [0.3, 0.4) is 0 Å². The Morgan fingerprint density at radius 1 is 1.33 bits per heavy atom. The van der Waals surface area contributed by atoms with Crippen molar-refractivity contribution in [2.24, 2.45) is 0 Å². The Bertz CT molecular complexity index is 491. The highest BCUT2D eigenvalue weighted by atomic mass is 16.3. The molecule has 1 aromatic carbocycles. The largest absolute Gasteiger partial charge is 0.392 e. The molecule has 0 aliphatic heterocycles. The van der Waals surface area contributed by atoms with E-state index in [0.717, 1.165) is 11.3 Å². The number of hydrogen-bond donors (Lipinski definition) is 2. The van der Waals surface area contributed by atoms with E-state index in [4.69, 9.17) is 5.11 Å². The number of amides is 1. The van der Waals surface area contributed by atoms with Gasteiger partial charge in [-0.3, -0.25) is 4.79 Å². The van der Waals surface area contributed by atoms with E-state index in [1.165, 1.54) is 0 Å². The van der Waals surface area contributed by atoms with Gasteiger partial charge in [-0.15, -0.1) is 0 Å². The second kappa shape index (κ2) is 5.97. The van der Waals surface area contributed by atoms with Crippen molar-refractivity contribution in [1.29, 1.82) is 0 Å². The minimum absolute atomic E-state index is 0.00879. The molecular formula is C13H15N3O2. The molecule has 94 valence electrons. The van der Waals surface area contributed by atoms with Crippen molar-refractivity contribution >= 4 is 11.6 Å². The molecule has 5 nitrogen and oxygen atoms in total. The number of aliphatic hydroxyl groups excluding tert-OH is 1. The minimum atomic E-state index is -0.0413. The summed E-state index contributed by atoms with van der Waals surface area (Å²) in [7, 11) is 0. The molecule has 0 saturated heterocycles. The van der Waals surface area contributed by atoms with Gasteiger partial charge in [0.1, 0.15) is 0 Å². The van der Waals surface area contributed by atoms with Crippen LogP contribution < -0.4 is 5.32 Å². The maximum absolute atomic E-state index is 11.7. The summed E-state index contributed by atoms with van der Waals surface area (Å²) in [4.78, 5) is 15.6. The lowest BCUT2D eigenvalue weighted by Gasteiger charge is -2.06. The van der Waals surface area contributed by atoms with Gasteiger partial charge >= 0.3 is 0 Å². The monoisotopic (exact) mass is 245 g/mol. The van der Waals surface area contributed by atoms with Crippen LogP contribution in [-0.4, -0.2) is 20.6 Å². The number of benzene rings is 1. The molecule has 1 heterocycles. The van der Waals surface area contributed by atoms with Crippen LogP contribution in [0.15, 0.2) is 43.0 Å². The maximum atomic E-state index is 11.7. The Hall–Kier alpha value is -2.14. The number of nitrogens with one attached hydrogen (secondary N) is 1. The third-order valence-corrected chi connectivity index (χ3v) is 2.58. The van der Waals surface area contributed by atoms with E-state index in [2.05, 4.69) is 10.3 Å². The van der Waals surface area contributed by atoms with Crippen LogP contribution in [0, 0.1) is 0 Å². The Labute approximate surface area is 105 Å². The topological polar surface area (TPSA) is 67.2 Å². The first kappa shape index (κ1) is 12.3. The van der Waals surface area contributed by atoms with Crippen LogP contribution in [-0.2, 0) is 17.9 Å². The molecule has 0 saturated carbocycles. The highest BCUT2D eigenvalue weighted by molar-refractivity contribution is 5.90. The SMILES string of the molecule is O=C(CCn1ccnc1)Nc1ccc(CO)cc1. The van der Waals surface area contributed by atoms with E-state index < -0.39 is 0 Å². The van der Waals surface area contributed by atoms with Gasteiger partial charge in [-0.2, -0.15) is 0 Å². The van der Waals surface area contributed by atoms with Gasteiger partial charge in [-0.1, -0.05) is 12.1 Å². The van der Waals surface area contributed by atoms with Gasteiger partial charge in [0.2, 0.25) is 5.91 Å². The minimum Gasteiger partial charge on any atom is -0.392 e. The van der Waals surface area contributed by atoms with E-state index >= 15 is 0 Å². The fraction of sp³-hybridized carbons (Fsp3) is 0.231. The zero-order valence-electron chi connectivity index (χ0n) is 9.91. The molecule has 2 aromatic rings. The summed E-state index contributed by atoms with van der Waals surface area (Å²) in [6.45, 7) is 0.620. The molecule has 18 heavy (non-hydrogen) atoms. The average molecular weight is 245 g/mol. The molecule has 0 aliphatic rings. The van der Waals surface area contributed by atoms with Crippen molar-refractivity contribution in [3.8, 4) is 0 Å². The summed E-state index contributed by atoms with van der Waals surface area (Å²) in [5, 5.41) is 11.7. The molecule has 0 fully saturated rings.